The Bertz CT molecular complexity index is 682. The molecule has 0 rings (SSSR count). The van der Waals surface area contributed by atoms with Gasteiger partial charge in [-0.3, -0.25) is 0 Å². The van der Waals surface area contributed by atoms with Crippen molar-refractivity contribution in [2.75, 3.05) is 52.9 Å². The summed E-state index contributed by atoms with van der Waals surface area (Å²) >= 11 is 0. The molecule has 0 bridgehead atoms. The minimum Gasteiger partial charge on any atom is -0.396 e. The fourth-order valence-corrected chi connectivity index (χ4v) is 2.74. The van der Waals surface area contributed by atoms with Crippen LogP contribution in [0.3, 0.4) is 0 Å². The van der Waals surface area contributed by atoms with E-state index in [1.165, 1.54) is 12.8 Å². The highest BCUT2D eigenvalue weighted by Gasteiger charge is 2.18. The van der Waals surface area contributed by atoms with Crippen LogP contribution >= 0.6 is 0 Å². The van der Waals surface area contributed by atoms with Gasteiger partial charge in [-0.05, 0) is 95.7 Å². The first-order valence-electron chi connectivity index (χ1n) is 25.3. The first-order chi connectivity index (χ1) is 28.7. The standard InChI is InChI=1S/2C7H16O.5C6H14O.2C5H12O/c2*1-6(5-8)7(2,3)4;2*1-5(2)6(3)4-7;1-4-5(2)6(3)7;2*1-3-4-6(2)5-7;2*1-3-5(2)4-6/h2*6,8H,5H2,1-4H3;3*5-7H,4H2,1-3H3;2*6-7H,3-5H2,1-2H3;2*5-6H,3-4H2,1-2H3/t4*6-;5-,6+;2*6-;2*5-/m101001010/s1. The van der Waals surface area contributed by atoms with Gasteiger partial charge >= 0.3 is 0 Å². The van der Waals surface area contributed by atoms with Crippen molar-refractivity contribution in [3.63, 3.8) is 0 Å². The normalized spacial score (nSPS) is 15.4. The summed E-state index contributed by atoms with van der Waals surface area (Å²) in [5, 5.41) is 76.8. The van der Waals surface area contributed by atoms with E-state index < -0.39 is 0 Å². The zero-order chi connectivity index (χ0) is 52.5. The molecule has 0 unspecified atom stereocenters. The molecule has 0 saturated carbocycles. The van der Waals surface area contributed by atoms with E-state index in [4.69, 9.17) is 46.0 Å². The Balaban J connectivity index is -0.0000000745. The Hall–Kier alpha value is -0.360. The molecule has 0 amide bonds. The van der Waals surface area contributed by atoms with E-state index in [9.17, 15) is 0 Å². The predicted molar refractivity (Wildman–Crippen MR) is 280 cm³/mol. The second kappa shape index (κ2) is 57.8. The Morgan fingerprint density at radius 1 is 0.317 bits per heavy atom. The monoisotopic (exact) mass is 919 g/mol. The van der Waals surface area contributed by atoms with Gasteiger partial charge in [0.25, 0.3) is 0 Å². The van der Waals surface area contributed by atoms with Crippen LogP contribution in [0.4, 0.5) is 0 Å². The maximum Gasteiger partial charge on any atom is 0.0537 e. The molecule has 0 aliphatic carbocycles. The van der Waals surface area contributed by atoms with Crippen LogP contribution in [0.2, 0.25) is 0 Å². The molecule has 0 heterocycles. The van der Waals surface area contributed by atoms with Crippen LogP contribution in [0.5, 0.6) is 0 Å². The van der Waals surface area contributed by atoms with Crippen molar-refractivity contribution in [1.82, 2.24) is 0 Å². The minimum absolute atomic E-state index is 0.134. The van der Waals surface area contributed by atoms with Crippen molar-refractivity contribution < 1.29 is 46.0 Å². The van der Waals surface area contributed by atoms with Gasteiger partial charge in [-0.2, -0.15) is 0 Å². The summed E-state index contributed by atoms with van der Waals surface area (Å²) in [7, 11) is 0. The Morgan fingerprint density at radius 3 is 0.571 bits per heavy atom. The second-order valence-electron chi connectivity index (χ2n) is 21.4. The Labute approximate surface area is 397 Å². The topological polar surface area (TPSA) is 182 Å². The predicted octanol–water partition coefficient (Wildman–Crippen LogP) is 12.2. The molecule has 0 aromatic heterocycles. The molecule has 9 nitrogen and oxygen atoms in total. The lowest BCUT2D eigenvalue weighted by atomic mass is 9.83. The molecule has 0 spiro atoms. The van der Waals surface area contributed by atoms with Gasteiger partial charge in [0, 0.05) is 52.9 Å². The lowest BCUT2D eigenvalue weighted by Crippen LogP contribution is -2.20. The van der Waals surface area contributed by atoms with Gasteiger partial charge in [0.1, 0.15) is 0 Å². The van der Waals surface area contributed by atoms with E-state index >= 15 is 0 Å². The maximum atomic E-state index is 8.82. The average Bonchev–Trinajstić information content (AvgIpc) is 3.25. The lowest BCUT2D eigenvalue weighted by Gasteiger charge is -2.24. The van der Waals surface area contributed by atoms with Gasteiger partial charge in [-0.25, -0.2) is 0 Å². The van der Waals surface area contributed by atoms with Gasteiger partial charge in [-0.15, -0.1) is 0 Å². The van der Waals surface area contributed by atoms with Crippen LogP contribution in [0, 0.1) is 75.9 Å². The zero-order valence-electron chi connectivity index (χ0n) is 47.6. The highest BCUT2D eigenvalue weighted by atomic mass is 16.3. The van der Waals surface area contributed by atoms with Crippen LogP contribution in [-0.2, 0) is 0 Å². The molecule has 396 valence electrons. The van der Waals surface area contributed by atoms with Crippen molar-refractivity contribution in [3.8, 4) is 0 Å². The summed E-state index contributed by atoms with van der Waals surface area (Å²) in [6.07, 6.45) is 7.76. The summed E-state index contributed by atoms with van der Waals surface area (Å²) in [4.78, 5) is 0. The van der Waals surface area contributed by atoms with Crippen LogP contribution in [0.1, 0.15) is 218 Å². The smallest absolute Gasteiger partial charge is 0.0537 e. The van der Waals surface area contributed by atoms with E-state index in [-0.39, 0.29) is 16.9 Å². The van der Waals surface area contributed by atoms with E-state index in [1.807, 2.05) is 41.5 Å². The second-order valence-corrected chi connectivity index (χ2v) is 21.4. The summed E-state index contributed by atoms with van der Waals surface area (Å²) in [6.45, 7) is 54.5. The van der Waals surface area contributed by atoms with Gasteiger partial charge in [0.15, 0.2) is 0 Å². The average molecular weight is 920 g/mol. The minimum atomic E-state index is -0.134. The van der Waals surface area contributed by atoms with E-state index in [2.05, 4.69) is 132 Å². The zero-order valence-corrected chi connectivity index (χ0v) is 47.6. The third kappa shape index (κ3) is 82.2. The summed E-state index contributed by atoms with van der Waals surface area (Å²) in [5.74, 6) is 5.41. The maximum absolute atomic E-state index is 8.82. The third-order valence-corrected chi connectivity index (χ3v) is 12.0. The van der Waals surface area contributed by atoms with Crippen molar-refractivity contribution in [2.45, 2.75) is 224 Å². The van der Waals surface area contributed by atoms with Crippen LogP contribution in [0.15, 0.2) is 0 Å². The Kier molecular flexibility index (Phi) is 75.8. The fourth-order valence-electron chi connectivity index (χ4n) is 2.74. The summed E-state index contributed by atoms with van der Waals surface area (Å²) < 4.78 is 0. The molecule has 10 atom stereocenters. The van der Waals surface area contributed by atoms with Crippen molar-refractivity contribution in [2.24, 2.45) is 75.9 Å². The van der Waals surface area contributed by atoms with Gasteiger partial charge in [-0.1, -0.05) is 198 Å². The van der Waals surface area contributed by atoms with Crippen molar-refractivity contribution in [3.05, 3.63) is 0 Å². The van der Waals surface area contributed by atoms with Gasteiger partial charge < -0.3 is 46.0 Å². The molecule has 0 fully saturated rings. The van der Waals surface area contributed by atoms with E-state index in [0.29, 0.717) is 118 Å². The third-order valence-electron chi connectivity index (χ3n) is 12.0. The highest BCUT2D eigenvalue weighted by molar-refractivity contribution is 4.68. The van der Waals surface area contributed by atoms with Crippen molar-refractivity contribution >= 4 is 0 Å². The van der Waals surface area contributed by atoms with Crippen LogP contribution in [-0.4, -0.2) is 105 Å². The van der Waals surface area contributed by atoms with Gasteiger partial charge in [0.2, 0.25) is 0 Å². The molecule has 0 radical (unpaired) electrons. The van der Waals surface area contributed by atoms with E-state index in [1.54, 1.807) is 0 Å². The largest absolute Gasteiger partial charge is 0.396 e. The first-order valence-corrected chi connectivity index (χ1v) is 25.3. The fraction of sp³-hybridized carbons (Fsp3) is 1.00. The molecule has 0 aliphatic rings. The number of hydrogen-bond donors (Lipinski definition) is 9. The van der Waals surface area contributed by atoms with E-state index in [0.717, 1.165) is 32.1 Å². The molecule has 0 aromatic carbocycles. The first kappa shape index (κ1) is 82.7. The Morgan fingerprint density at radius 2 is 0.556 bits per heavy atom. The summed E-state index contributed by atoms with van der Waals surface area (Å²) in [5.41, 5.74) is 0.517. The molecular formula is C54H126O9. The van der Waals surface area contributed by atoms with Crippen LogP contribution < -0.4 is 0 Å². The molecule has 0 aliphatic heterocycles. The van der Waals surface area contributed by atoms with Crippen LogP contribution in [0.25, 0.3) is 0 Å². The number of hydrogen-bond acceptors (Lipinski definition) is 9. The molecule has 0 saturated heterocycles. The summed E-state index contributed by atoms with van der Waals surface area (Å²) in [6, 6.07) is 0. The molecule has 9 heteroatoms. The highest BCUT2D eigenvalue weighted by Crippen LogP contribution is 2.24. The number of rotatable bonds is 18. The molecule has 0 aromatic rings. The molecular weight excluding hydrogens is 793 g/mol. The quantitative estimate of drug-likeness (QED) is 0.0646. The van der Waals surface area contributed by atoms with Gasteiger partial charge in [0.05, 0.1) is 6.10 Å². The number of aliphatic hydroxyl groups excluding tert-OH is 9. The van der Waals surface area contributed by atoms with Crippen molar-refractivity contribution in [1.29, 1.82) is 0 Å². The lowest BCUT2D eigenvalue weighted by molar-refractivity contribution is 0.133. The SMILES string of the molecule is CC(C)[C@@H](C)CO.CC(C)[C@H](C)CO.CCC[C@@H](C)CO.CCC[C@H](C)CO.CC[C@@H](C)CO.CC[C@H](C)CO.CC[C@H](C)[C@@H](C)O.C[C@@H](CO)C(C)(C)C.C[C@H](CO)C(C)(C)C. The number of aliphatic hydroxyl groups is 9. The molecule has 63 heavy (non-hydrogen) atoms. The molecule has 9 N–H and O–H groups in total.